The van der Waals surface area contributed by atoms with Crippen LogP contribution in [0.3, 0.4) is 0 Å². The van der Waals surface area contributed by atoms with Gasteiger partial charge < -0.3 is 15.7 Å². The third-order valence-corrected chi connectivity index (χ3v) is 4.59. The lowest BCUT2D eigenvalue weighted by Gasteiger charge is -2.27. The number of rotatable bonds is 6. The summed E-state index contributed by atoms with van der Waals surface area (Å²) in [4.78, 5) is 24.8. The van der Waals surface area contributed by atoms with Crippen LogP contribution in [0.15, 0.2) is 30.3 Å². The molecule has 24 heavy (non-hydrogen) atoms. The number of carbonyl (C=O) groups excluding carboxylic acids is 2. The summed E-state index contributed by atoms with van der Waals surface area (Å²) in [5, 5.41) is 15.5. The van der Waals surface area contributed by atoms with Crippen molar-refractivity contribution in [2.45, 2.75) is 51.7 Å². The lowest BCUT2D eigenvalue weighted by atomic mass is 9.87. The topological polar surface area (TPSA) is 78.4 Å². The molecular formula is C19H28N2O3. The Kier molecular flexibility index (Phi) is 6.79. The first-order valence-corrected chi connectivity index (χ1v) is 8.79. The maximum absolute atomic E-state index is 12.5. The van der Waals surface area contributed by atoms with Crippen molar-refractivity contribution >= 4 is 11.8 Å². The first-order chi connectivity index (χ1) is 11.5. The molecule has 3 N–H and O–H groups in total. The molecule has 3 atom stereocenters. The minimum absolute atomic E-state index is 0.00499. The molecule has 5 nitrogen and oxygen atoms in total. The molecule has 0 heterocycles. The highest BCUT2D eigenvalue weighted by atomic mass is 16.3. The fourth-order valence-corrected chi connectivity index (χ4v) is 3.15. The highest BCUT2D eigenvalue weighted by Crippen LogP contribution is 2.23. The lowest BCUT2D eigenvalue weighted by molar-refractivity contribution is -0.124. The standard InChI is InChI=1S/C19H28N2O3/c1-13(2)17(21-18(23)15-8-4-3-5-9-15)19(24)20-12-14-7-6-10-16(22)11-14/h3-5,8-9,13-14,16-17,22H,6-7,10-12H2,1-2H3,(H,20,24)(H,21,23). The largest absolute Gasteiger partial charge is 0.393 e. The van der Waals surface area contributed by atoms with Crippen molar-refractivity contribution in [2.75, 3.05) is 6.54 Å². The van der Waals surface area contributed by atoms with E-state index in [1.54, 1.807) is 24.3 Å². The predicted octanol–water partition coefficient (Wildman–Crippen LogP) is 2.11. The van der Waals surface area contributed by atoms with Gasteiger partial charge in [-0.2, -0.15) is 0 Å². The second-order valence-corrected chi connectivity index (χ2v) is 6.99. The van der Waals surface area contributed by atoms with Gasteiger partial charge in [0, 0.05) is 12.1 Å². The van der Waals surface area contributed by atoms with Crippen LogP contribution >= 0.6 is 0 Å². The predicted molar refractivity (Wildman–Crippen MR) is 93.5 cm³/mol. The van der Waals surface area contributed by atoms with Crippen molar-refractivity contribution in [3.05, 3.63) is 35.9 Å². The summed E-state index contributed by atoms with van der Waals surface area (Å²) in [5.74, 6) is -0.0863. The Morgan fingerprint density at radius 2 is 1.92 bits per heavy atom. The van der Waals surface area contributed by atoms with Gasteiger partial charge in [0.05, 0.1) is 6.10 Å². The second-order valence-electron chi connectivity index (χ2n) is 6.99. The normalized spacial score (nSPS) is 22.0. The van der Waals surface area contributed by atoms with Crippen molar-refractivity contribution in [3.63, 3.8) is 0 Å². The second kappa shape index (κ2) is 8.83. The van der Waals surface area contributed by atoms with Gasteiger partial charge in [-0.3, -0.25) is 9.59 Å². The fourth-order valence-electron chi connectivity index (χ4n) is 3.15. The van der Waals surface area contributed by atoms with Crippen LogP contribution in [0.1, 0.15) is 49.9 Å². The van der Waals surface area contributed by atoms with Gasteiger partial charge in [0.25, 0.3) is 5.91 Å². The number of aliphatic hydroxyl groups excluding tert-OH is 1. The summed E-state index contributed by atoms with van der Waals surface area (Å²) in [6, 6.07) is 8.34. The van der Waals surface area contributed by atoms with E-state index in [1.165, 1.54) is 0 Å². The molecule has 5 heteroatoms. The van der Waals surface area contributed by atoms with Gasteiger partial charge in [-0.05, 0) is 43.2 Å². The van der Waals surface area contributed by atoms with E-state index in [0.29, 0.717) is 18.0 Å². The lowest BCUT2D eigenvalue weighted by Crippen LogP contribution is -2.50. The summed E-state index contributed by atoms with van der Waals surface area (Å²) in [7, 11) is 0. The van der Waals surface area contributed by atoms with Gasteiger partial charge >= 0.3 is 0 Å². The molecule has 1 aliphatic rings. The Hall–Kier alpha value is -1.88. The highest BCUT2D eigenvalue weighted by molar-refractivity contribution is 5.97. The molecule has 0 bridgehead atoms. The molecular weight excluding hydrogens is 304 g/mol. The number of benzene rings is 1. The first kappa shape index (κ1) is 18.5. The van der Waals surface area contributed by atoms with E-state index in [9.17, 15) is 14.7 Å². The smallest absolute Gasteiger partial charge is 0.251 e. The molecule has 3 unspecified atom stereocenters. The third-order valence-electron chi connectivity index (χ3n) is 4.59. The zero-order valence-electron chi connectivity index (χ0n) is 14.5. The van der Waals surface area contributed by atoms with Crippen LogP contribution in [-0.2, 0) is 4.79 Å². The van der Waals surface area contributed by atoms with Crippen LogP contribution in [0.25, 0.3) is 0 Å². The highest BCUT2D eigenvalue weighted by Gasteiger charge is 2.26. The maximum atomic E-state index is 12.5. The summed E-state index contributed by atoms with van der Waals surface area (Å²) in [5.41, 5.74) is 0.548. The fraction of sp³-hybridized carbons (Fsp3) is 0.579. The van der Waals surface area contributed by atoms with Gasteiger partial charge in [-0.25, -0.2) is 0 Å². The Morgan fingerprint density at radius 1 is 1.21 bits per heavy atom. The van der Waals surface area contributed by atoms with Crippen LogP contribution in [0.5, 0.6) is 0 Å². The van der Waals surface area contributed by atoms with E-state index >= 15 is 0 Å². The van der Waals surface area contributed by atoms with Crippen molar-refractivity contribution in [1.82, 2.24) is 10.6 Å². The van der Waals surface area contributed by atoms with Crippen molar-refractivity contribution in [2.24, 2.45) is 11.8 Å². The molecule has 1 fully saturated rings. The zero-order chi connectivity index (χ0) is 17.5. The summed E-state index contributed by atoms with van der Waals surface area (Å²) in [6.45, 7) is 4.39. The minimum atomic E-state index is -0.564. The first-order valence-electron chi connectivity index (χ1n) is 8.79. The minimum Gasteiger partial charge on any atom is -0.393 e. The molecule has 132 valence electrons. The Bertz CT molecular complexity index is 545. The van der Waals surface area contributed by atoms with Crippen molar-refractivity contribution < 1.29 is 14.7 Å². The van der Waals surface area contributed by atoms with Crippen molar-refractivity contribution in [1.29, 1.82) is 0 Å². The van der Waals surface area contributed by atoms with E-state index in [-0.39, 0.29) is 23.8 Å². The Labute approximate surface area is 143 Å². The van der Waals surface area contributed by atoms with Crippen LogP contribution in [-0.4, -0.2) is 35.6 Å². The Balaban J connectivity index is 1.89. The number of hydrogen-bond donors (Lipinski definition) is 3. The third kappa shape index (κ3) is 5.34. The van der Waals surface area contributed by atoms with E-state index in [4.69, 9.17) is 0 Å². The quantitative estimate of drug-likeness (QED) is 0.746. The molecule has 0 saturated heterocycles. The molecule has 0 aromatic heterocycles. The van der Waals surface area contributed by atoms with Crippen LogP contribution in [0, 0.1) is 11.8 Å². The summed E-state index contributed by atoms with van der Waals surface area (Å²) in [6.07, 6.45) is 3.37. The van der Waals surface area contributed by atoms with Gasteiger partial charge in [-0.1, -0.05) is 38.5 Å². The molecule has 0 aliphatic heterocycles. The Morgan fingerprint density at radius 3 is 2.54 bits per heavy atom. The van der Waals surface area contributed by atoms with Gasteiger partial charge in [0.15, 0.2) is 0 Å². The van der Waals surface area contributed by atoms with Gasteiger partial charge in [0.2, 0.25) is 5.91 Å². The molecule has 0 radical (unpaired) electrons. The SMILES string of the molecule is CC(C)C(NC(=O)c1ccccc1)C(=O)NCC1CCCC(O)C1. The molecule has 0 spiro atoms. The molecule has 1 aromatic carbocycles. The van der Waals surface area contributed by atoms with Crippen molar-refractivity contribution in [3.8, 4) is 0 Å². The van der Waals surface area contributed by atoms with E-state index in [2.05, 4.69) is 10.6 Å². The summed E-state index contributed by atoms with van der Waals surface area (Å²) < 4.78 is 0. The monoisotopic (exact) mass is 332 g/mol. The van der Waals surface area contributed by atoms with Gasteiger partial charge in [0.1, 0.15) is 6.04 Å². The number of carbonyl (C=O) groups is 2. The number of amides is 2. The molecule has 1 saturated carbocycles. The van der Waals surface area contributed by atoms with Crippen LogP contribution in [0.2, 0.25) is 0 Å². The van der Waals surface area contributed by atoms with Gasteiger partial charge in [-0.15, -0.1) is 0 Å². The van der Waals surface area contributed by atoms with E-state index < -0.39 is 6.04 Å². The molecule has 1 aliphatic carbocycles. The number of aliphatic hydroxyl groups is 1. The molecule has 2 rings (SSSR count). The summed E-state index contributed by atoms with van der Waals surface area (Å²) >= 11 is 0. The number of nitrogens with one attached hydrogen (secondary N) is 2. The number of hydrogen-bond acceptors (Lipinski definition) is 3. The van der Waals surface area contributed by atoms with E-state index in [0.717, 1.165) is 25.7 Å². The van der Waals surface area contributed by atoms with E-state index in [1.807, 2.05) is 19.9 Å². The molecule has 1 aromatic rings. The zero-order valence-corrected chi connectivity index (χ0v) is 14.5. The maximum Gasteiger partial charge on any atom is 0.251 e. The average Bonchev–Trinajstić information content (AvgIpc) is 2.58. The van der Waals surface area contributed by atoms with Crippen LogP contribution in [0.4, 0.5) is 0 Å². The average molecular weight is 332 g/mol. The van der Waals surface area contributed by atoms with Crippen LogP contribution < -0.4 is 10.6 Å². The molecule has 2 amide bonds.